The number of alkyl halides is 3. The van der Waals surface area contributed by atoms with Gasteiger partial charge < -0.3 is 15.0 Å². The van der Waals surface area contributed by atoms with Gasteiger partial charge in [0.2, 0.25) is 0 Å². The molecular weight excluding hydrogens is 293 g/mol. The van der Waals surface area contributed by atoms with Crippen LogP contribution in [0.4, 0.5) is 13.2 Å². The molecule has 0 fully saturated rings. The summed E-state index contributed by atoms with van der Waals surface area (Å²) in [5, 5.41) is 0. The van der Waals surface area contributed by atoms with Gasteiger partial charge in [-0.25, -0.2) is 0 Å². The van der Waals surface area contributed by atoms with Gasteiger partial charge in [0.15, 0.2) is 0 Å². The molecule has 20 heavy (non-hydrogen) atoms. The van der Waals surface area contributed by atoms with Crippen LogP contribution in [-0.2, 0) is 11.3 Å². The third-order valence-electron chi connectivity index (χ3n) is 2.59. The summed E-state index contributed by atoms with van der Waals surface area (Å²) >= 11 is 4.76. The number of aromatic nitrogens is 1. The molecule has 1 aromatic heterocycles. The zero-order chi connectivity index (χ0) is 15.3. The fourth-order valence-corrected chi connectivity index (χ4v) is 1.80. The molecule has 1 heterocycles. The second kappa shape index (κ2) is 6.85. The van der Waals surface area contributed by atoms with Crippen LogP contribution < -0.4 is 11.3 Å². The van der Waals surface area contributed by atoms with E-state index in [1.165, 1.54) is 10.6 Å². The van der Waals surface area contributed by atoms with Crippen molar-refractivity contribution in [3.8, 4) is 0 Å². The van der Waals surface area contributed by atoms with Gasteiger partial charge in [0.25, 0.3) is 5.56 Å². The van der Waals surface area contributed by atoms with Crippen molar-refractivity contribution in [3.05, 3.63) is 33.7 Å². The number of halogens is 3. The molecule has 0 spiro atoms. The Morgan fingerprint density at radius 2 is 2.10 bits per heavy atom. The third-order valence-corrected chi connectivity index (χ3v) is 2.81. The van der Waals surface area contributed by atoms with E-state index in [9.17, 15) is 18.0 Å². The first-order chi connectivity index (χ1) is 9.22. The van der Waals surface area contributed by atoms with Crippen LogP contribution in [0.5, 0.6) is 0 Å². The van der Waals surface area contributed by atoms with Crippen LogP contribution in [0.3, 0.4) is 0 Å². The van der Waals surface area contributed by atoms with Crippen molar-refractivity contribution in [2.45, 2.75) is 26.1 Å². The summed E-state index contributed by atoms with van der Waals surface area (Å²) in [6.07, 6.45) is -4.05. The van der Waals surface area contributed by atoms with Crippen LogP contribution in [-0.4, -0.2) is 28.9 Å². The van der Waals surface area contributed by atoms with Crippen molar-refractivity contribution >= 4 is 17.2 Å². The quantitative estimate of drug-likeness (QED) is 0.643. The van der Waals surface area contributed by atoms with E-state index in [4.69, 9.17) is 18.0 Å². The summed E-state index contributed by atoms with van der Waals surface area (Å²) in [6.45, 7) is 0.608. The Balaban J connectivity index is 2.62. The number of ether oxygens (including phenoxy) is 1. The van der Waals surface area contributed by atoms with Crippen molar-refractivity contribution in [2.24, 2.45) is 5.73 Å². The lowest BCUT2D eigenvalue weighted by molar-refractivity contribution is -0.174. The highest BCUT2D eigenvalue weighted by molar-refractivity contribution is 7.80. The minimum absolute atomic E-state index is 0.00271. The number of thiocarbonyl (C=S) groups is 1. The van der Waals surface area contributed by atoms with E-state index < -0.39 is 12.8 Å². The summed E-state index contributed by atoms with van der Waals surface area (Å²) < 4.78 is 41.5. The average Bonchev–Trinajstić information content (AvgIpc) is 2.30. The summed E-state index contributed by atoms with van der Waals surface area (Å²) in [7, 11) is 0. The molecule has 4 nitrogen and oxygen atoms in total. The molecule has 0 unspecified atom stereocenters. The molecule has 0 amide bonds. The summed E-state index contributed by atoms with van der Waals surface area (Å²) in [5.41, 5.74) is 6.00. The maximum absolute atomic E-state index is 12.0. The van der Waals surface area contributed by atoms with Crippen LogP contribution in [0.25, 0.3) is 0 Å². The van der Waals surface area contributed by atoms with Crippen LogP contribution in [0, 0.1) is 6.92 Å². The van der Waals surface area contributed by atoms with Crippen molar-refractivity contribution in [2.75, 3.05) is 13.2 Å². The van der Waals surface area contributed by atoms with Gasteiger partial charge in [-0.2, -0.15) is 13.2 Å². The van der Waals surface area contributed by atoms with Crippen molar-refractivity contribution in [1.82, 2.24) is 4.57 Å². The number of rotatable bonds is 6. The Morgan fingerprint density at radius 3 is 2.65 bits per heavy atom. The highest BCUT2D eigenvalue weighted by Crippen LogP contribution is 2.14. The molecule has 0 aliphatic rings. The molecule has 2 N–H and O–H groups in total. The SMILES string of the molecule is Cc1ccc(C(N)=S)c(=O)n1CCCOCC(F)(F)F. The maximum Gasteiger partial charge on any atom is 0.411 e. The van der Waals surface area contributed by atoms with E-state index in [1.807, 2.05) is 0 Å². The Morgan fingerprint density at radius 1 is 1.45 bits per heavy atom. The van der Waals surface area contributed by atoms with Gasteiger partial charge in [-0.05, 0) is 25.5 Å². The van der Waals surface area contributed by atoms with Crippen LogP contribution in [0.15, 0.2) is 16.9 Å². The highest BCUT2D eigenvalue weighted by Gasteiger charge is 2.27. The Hall–Kier alpha value is -1.41. The van der Waals surface area contributed by atoms with Gasteiger partial charge in [0.1, 0.15) is 11.6 Å². The molecule has 0 saturated heterocycles. The fourth-order valence-electron chi connectivity index (χ4n) is 1.65. The van der Waals surface area contributed by atoms with Gasteiger partial charge in [0.05, 0.1) is 5.56 Å². The Bertz CT molecular complexity index is 540. The summed E-state index contributed by atoms with van der Waals surface area (Å²) in [6, 6.07) is 3.23. The Kier molecular flexibility index (Phi) is 5.70. The number of hydrogen-bond donors (Lipinski definition) is 1. The van der Waals surface area contributed by atoms with Crippen molar-refractivity contribution in [3.63, 3.8) is 0 Å². The predicted molar refractivity (Wildman–Crippen MR) is 72.8 cm³/mol. The highest BCUT2D eigenvalue weighted by atomic mass is 32.1. The molecule has 0 bridgehead atoms. The molecule has 1 aromatic rings. The summed E-state index contributed by atoms with van der Waals surface area (Å²) in [5.74, 6) is 0. The van der Waals surface area contributed by atoms with E-state index in [0.29, 0.717) is 5.69 Å². The average molecular weight is 308 g/mol. The van der Waals surface area contributed by atoms with Gasteiger partial charge >= 0.3 is 6.18 Å². The molecular formula is C12H15F3N2O2S. The standard InChI is InChI=1S/C12H15F3N2O2S/c1-8-3-4-9(10(16)20)11(18)17(8)5-2-6-19-7-12(13,14)15/h3-4H,2,5-7H2,1H3,(H2,16,20). The third kappa shape index (κ3) is 4.93. The van der Waals surface area contributed by atoms with E-state index in [-0.39, 0.29) is 35.7 Å². The van der Waals surface area contributed by atoms with E-state index in [2.05, 4.69) is 4.74 Å². The largest absolute Gasteiger partial charge is 0.411 e. The van der Waals surface area contributed by atoms with Gasteiger partial charge in [0, 0.05) is 18.8 Å². The zero-order valence-corrected chi connectivity index (χ0v) is 11.7. The molecule has 0 saturated carbocycles. The maximum atomic E-state index is 12.0. The lowest BCUT2D eigenvalue weighted by atomic mass is 10.2. The zero-order valence-electron chi connectivity index (χ0n) is 10.9. The molecule has 1 rings (SSSR count). The number of nitrogens with zero attached hydrogens (tertiary/aromatic N) is 1. The lowest BCUT2D eigenvalue weighted by Gasteiger charge is -2.12. The number of nitrogens with two attached hydrogens (primary N) is 1. The monoisotopic (exact) mass is 308 g/mol. The molecule has 0 atom stereocenters. The molecule has 0 aliphatic carbocycles. The van der Waals surface area contributed by atoms with Crippen molar-refractivity contribution < 1.29 is 17.9 Å². The second-order valence-electron chi connectivity index (χ2n) is 4.23. The van der Waals surface area contributed by atoms with Gasteiger partial charge in [-0.1, -0.05) is 12.2 Å². The predicted octanol–water partition coefficient (Wildman–Crippen LogP) is 1.76. The van der Waals surface area contributed by atoms with Crippen molar-refractivity contribution in [1.29, 1.82) is 0 Å². The van der Waals surface area contributed by atoms with E-state index in [1.54, 1.807) is 13.0 Å². The first-order valence-electron chi connectivity index (χ1n) is 5.87. The van der Waals surface area contributed by atoms with E-state index in [0.717, 1.165) is 0 Å². The molecule has 112 valence electrons. The van der Waals surface area contributed by atoms with Crippen LogP contribution in [0.1, 0.15) is 17.7 Å². The van der Waals surface area contributed by atoms with Gasteiger partial charge in [-0.15, -0.1) is 0 Å². The molecule has 8 heteroatoms. The number of aryl methyl sites for hydroxylation is 1. The first kappa shape index (κ1) is 16.6. The second-order valence-corrected chi connectivity index (χ2v) is 4.67. The fraction of sp³-hybridized carbons (Fsp3) is 0.500. The van der Waals surface area contributed by atoms with E-state index >= 15 is 0 Å². The molecule has 0 aliphatic heterocycles. The molecule has 0 radical (unpaired) electrons. The smallest absolute Gasteiger partial charge is 0.389 e. The minimum atomic E-state index is -4.33. The first-order valence-corrected chi connectivity index (χ1v) is 6.28. The van der Waals surface area contributed by atoms with Crippen LogP contribution in [0.2, 0.25) is 0 Å². The molecule has 0 aromatic carbocycles. The van der Waals surface area contributed by atoms with Crippen LogP contribution >= 0.6 is 12.2 Å². The summed E-state index contributed by atoms with van der Waals surface area (Å²) in [4.78, 5) is 12.0. The normalized spacial score (nSPS) is 11.6. The minimum Gasteiger partial charge on any atom is -0.389 e. The lowest BCUT2D eigenvalue weighted by Crippen LogP contribution is -2.30. The van der Waals surface area contributed by atoms with Gasteiger partial charge in [-0.3, -0.25) is 4.79 Å². The number of hydrogen-bond acceptors (Lipinski definition) is 3. The topological polar surface area (TPSA) is 57.2 Å². The number of pyridine rings is 1. The Labute approximate surface area is 119 Å².